The average Bonchev–Trinajstić information content (AvgIpc) is 3.59. The number of aryl methyl sites for hydroxylation is 1. The third-order valence-corrected chi connectivity index (χ3v) is 12.5. The number of aromatic amines is 1. The molecule has 18 heteroatoms. The first kappa shape index (κ1) is 47.0. The van der Waals surface area contributed by atoms with E-state index in [1.165, 1.54) is 27.3 Å². The maximum atomic E-state index is 13.9. The van der Waals surface area contributed by atoms with Gasteiger partial charge in [0.2, 0.25) is 0 Å². The number of methoxy groups -OCH3 is 2. The van der Waals surface area contributed by atoms with Gasteiger partial charge in [0, 0.05) is 30.3 Å². The second-order valence-corrected chi connectivity index (χ2v) is 16.3. The fourth-order valence-electron chi connectivity index (χ4n) is 7.30. The zero-order chi connectivity index (χ0) is 44.5. The molecule has 328 valence electrons. The minimum Gasteiger partial charge on any atom is -0.497 e. The summed E-state index contributed by atoms with van der Waals surface area (Å²) in [6.45, 7) is 7.77. The monoisotopic (exact) mass is 869 g/mol. The Morgan fingerprint density at radius 3 is 2.03 bits per heavy atom. The number of aromatic nitrogens is 2. The summed E-state index contributed by atoms with van der Waals surface area (Å²) in [5.74, 6) is -1.09. The van der Waals surface area contributed by atoms with Crippen LogP contribution in [0.4, 0.5) is 13.2 Å². The Hall–Kier alpha value is -5.08. The molecule has 1 unspecified atom stereocenters. The van der Waals surface area contributed by atoms with Gasteiger partial charge >= 0.3 is 17.8 Å². The van der Waals surface area contributed by atoms with Gasteiger partial charge in [0.05, 0.1) is 46.5 Å². The van der Waals surface area contributed by atoms with Gasteiger partial charge in [0.1, 0.15) is 35.0 Å². The van der Waals surface area contributed by atoms with Crippen LogP contribution in [0.3, 0.4) is 0 Å². The first-order valence-corrected chi connectivity index (χ1v) is 20.7. The highest BCUT2D eigenvalue weighted by molar-refractivity contribution is 7.44. The van der Waals surface area contributed by atoms with Gasteiger partial charge in [0.25, 0.3) is 14.1 Å². The average molecular weight is 870 g/mol. The molecule has 4 aromatic rings. The molecule has 1 saturated heterocycles. The predicted molar refractivity (Wildman–Crippen MR) is 221 cm³/mol. The Morgan fingerprint density at radius 2 is 1.52 bits per heavy atom. The fourth-order valence-corrected chi connectivity index (χ4v) is 9.15. The molecule has 1 aromatic heterocycles. The van der Waals surface area contributed by atoms with Crippen molar-refractivity contribution in [3.8, 4) is 17.6 Å². The van der Waals surface area contributed by atoms with E-state index >= 15 is 0 Å². The molecular weight excluding hydrogens is 818 g/mol. The zero-order valence-corrected chi connectivity index (χ0v) is 35.9. The number of ether oxygens (including phenoxy) is 4. The highest BCUT2D eigenvalue weighted by Crippen LogP contribution is 2.54. The van der Waals surface area contributed by atoms with Crippen molar-refractivity contribution in [3.05, 3.63) is 128 Å². The van der Waals surface area contributed by atoms with Crippen LogP contribution in [0.1, 0.15) is 69.0 Å². The molecule has 0 bridgehead atoms. The number of hydrogen-bond acceptors (Lipinski definition) is 11. The molecular formula is C43H51F3N5O9P. The van der Waals surface area contributed by atoms with E-state index < -0.39 is 68.5 Å². The van der Waals surface area contributed by atoms with Crippen LogP contribution in [0.2, 0.25) is 0 Å². The second-order valence-electron chi connectivity index (χ2n) is 15.0. The summed E-state index contributed by atoms with van der Waals surface area (Å²) >= 11 is 0. The largest absolute Gasteiger partial charge is 0.497 e. The molecule has 5 rings (SSSR count). The Kier molecular flexibility index (Phi) is 15.6. The SMILES string of the molecule is COc1ccc(C(OC[C@H]2O[C@@H](n3cc(C)c(=O)[nH]c3=O)C[C@]2(CNC(=O)C(F)(F)F)OP(OCCC#N)N(C(C)C)C(C)C)(c2ccccc2)c2ccc(OC)cc2)cc1. The topological polar surface area (TPSA) is 166 Å². The van der Waals surface area contributed by atoms with Crippen LogP contribution in [-0.4, -0.2) is 84.1 Å². The summed E-state index contributed by atoms with van der Waals surface area (Å²) in [5.41, 5.74) is -2.73. The quantitative estimate of drug-likeness (QED) is 0.0574. The van der Waals surface area contributed by atoms with E-state index in [1.54, 1.807) is 24.3 Å². The third-order valence-electron chi connectivity index (χ3n) is 10.2. The Morgan fingerprint density at radius 1 is 0.967 bits per heavy atom. The molecule has 0 radical (unpaired) electrons. The Balaban J connectivity index is 1.75. The first-order valence-electron chi connectivity index (χ1n) is 19.6. The molecule has 1 fully saturated rings. The number of amides is 1. The number of carbonyl (C=O) groups is 1. The van der Waals surface area contributed by atoms with E-state index in [-0.39, 0.29) is 37.1 Å². The zero-order valence-electron chi connectivity index (χ0n) is 35.0. The van der Waals surface area contributed by atoms with E-state index in [9.17, 15) is 32.8 Å². The van der Waals surface area contributed by atoms with E-state index in [4.69, 9.17) is 28.0 Å². The summed E-state index contributed by atoms with van der Waals surface area (Å²) in [4.78, 5) is 40.8. The number of hydrogen-bond donors (Lipinski definition) is 2. The molecule has 1 amide bonds. The lowest BCUT2D eigenvalue weighted by molar-refractivity contribution is -0.175. The van der Waals surface area contributed by atoms with Crippen molar-refractivity contribution < 1.29 is 46.0 Å². The van der Waals surface area contributed by atoms with Gasteiger partial charge in [-0.3, -0.25) is 19.1 Å². The number of nitriles is 1. The predicted octanol–water partition coefficient (Wildman–Crippen LogP) is 6.87. The molecule has 0 spiro atoms. The van der Waals surface area contributed by atoms with Gasteiger partial charge in [0.15, 0.2) is 0 Å². The first-order chi connectivity index (χ1) is 29.0. The van der Waals surface area contributed by atoms with Crippen LogP contribution in [0.25, 0.3) is 0 Å². The lowest BCUT2D eigenvalue weighted by atomic mass is 9.79. The van der Waals surface area contributed by atoms with Crippen molar-refractivity contribution in [2.24, 2.45) is 0 Å². The van der Waals surface area contributed by atoms with Crippen molar-refractivity contribution in [1.82, 2.24) is 19.5 Å². The van der Waals surface area contributed by atoms with Crippen LogP contribution < -0.4 is 26.0 Å². The van der Waals surface area contributed by atoms with Gasteiger partial charge in [-0.25, -0.2) is 9.46 Å². The Bertz CT molecular complexity index is 2180. The minimum atomic E-state index is -5.26. The van der Waals surface area contributed by atoms with Crippen molar-refractivity contribution in [2.45, 2.75) is 89.3 Å². The van der Waals surface area contributed by atoms with Gasteiger partial charge in [-0.15, -0.1) is 0 Å². The third kappa shape index (κ3) is 10.7. The van der Waals surface area contributed by atoms with E-state index in [0.29, 0.717) is 28.2 Å². The Labute approximate surface area is 353 Å². The maximum absolute atomic E-state index is 13.9. The molecule has 1 aliphatic heterocycles. The number of nitrogens with zero attached hydrogens (tertiary/aromatic N) is 3. The number of rotatable bonds is 19. The number of carbonyl (C=O) groups excluding carboxylic acids is 1. The van der Waals surface area contributed by atoms with Crippen molar-refractivity contribution in [1.29, 1.82) is 5.26 Å². The molecule has 1 aliphatic rings. The number of alkyl halides is 3. The van der Waals surface area contributed by atoms with Crippen LogP contribution in [0, 0.1) is 18.3 Å². The molecule has 4 atom stereocenters. The lowest BCUT2D eigenvalue weighted by Gasteiger charge is -2.43. The highest BCUT2D eigenvalue weighted by Gasteiger charge is 2.56. The minimum absolute atomic E-state index is 0.0228. The van der Waals surface area contributed by atoms with Gasteiger partial charge < -0.3 is 33.3 Å². The second kappa shape index (κ2) is 20.2. The smallest absolute Gasteiger partial charge is 0.471 e. The lowest BCUT2D eigenvalue weighted by Crippen LogP contribution is -2.55. The van der Waals surface area contributed by atoms with Crippen LogP contribution in [0.5, 0.6) is 11.5 Å². The molecule has 2 N–H and O–H groups in total. The van der Waals surface area contributed by atoms with Gasteiger partial charge in [-0.1, -0.05) is 54.6 Å². The molecule has 61 heavy (non-hydrogen) atoms. The van der Waals surface area contributed by atoms with E-state index in [0.717, 1.165) is 4.57 Å². The number of H-pyrrole nitrogens is 1. The van der Waals surface area contributed by atoms with Crippen molar-refractivity contribution in [2.75, 3.05) is 34.0 Å². The molecule has 3 aromatic carbocycles. The fraction of sp³-hybridized carbons (Fsp3) is 0.442. The maximum Gasteiger partial charge on any atom is 0.471 e. The summed E-state index contributed by atoms with van der Waals surface area (Å²) in [7, 11) is 0.872. The van der Waals surface area contributed by atoms with Gasteiger partial charge in [-0.05, 0) is 75.6 Å². The molecule has 0 saturated carbocycles. The molecule has 0 aliphatic carbocycles. The number of benzene rings is 3. The summed E-state index contributed by atoms with van der Waals surface area (Å²) in [6, 6.07) is 25.2. The van der Waals surface area contributed by atoms with Crippen molar-refractivity contribution >= 4 is 14.4 Å². The van der Waals surface area contributed by atoms with Gasteiger partial charge in [-0.2, -0.15) is 18.4 Å². The van der Waals surface area contributed by atoms with Crippen LogP contribution in [-0.2, 0) is 28.9 Å². The summed E-state index contributed by atoms with van der Waals surface area (Å²) < 4.78 is 82.8. The summed E-state index contributed by atoms with van der Waals surface area (Å²) in [6.07, 6.45) is -6.91. The van der Waals surface area contributed by atoms with Crippen molar-refractivity contribution in [3.63, 3.8) is 0 Å². The number of halogens is 3. The standard InChI is InChI=1S/C43H51F3N5O9P/c1-28(2)51(29(3)4)61(58-23-11-22-47)60-41(27-48-39(53)43(44,45)46)24-37(50-25-30(5)38(52)49-40(50)54)59-36(41)26-57-42(31-12-9-8-10-13-31,32-14-18-34(55-6)19-15-32)33-16-20-35(56-7)21-17-33/h8-10,12-21,25,28-29,36-37H,11,23-24,26-27H2,1-7H3,(H,48,53)(H,49,52,54)/t36-,37-,41-,61?/m1/s1. The van der Waals surface area contributed by atoms with E-state index in [1.807, 2.05) is 98.3 Å². The van der Waals surface area contributed by atoms with Crippen LogP contribution >= 0.6 is 8.53 Å². The number of nitrogens with one attached hydrogen (secondary N) is 2. The molecule has 14 nitrogen and oxygen atoms in total. The van der Waals surface area contributed by atoms with E-state index in [2.05, 4.69) is 4.98 Å². The molecule has 2 heterocycles. The summed E-state index contributed by atoms with van der Waals surface area (Å²) in [5, 5.41) is 11.4. The highest BCUT2D eigenvalue weighted by atomic mass is 31.2. The van der Waals surface area contributed by atoms with Crippen LogP contribution in [0.15, 0.2) is 94.6 Å². The normalized spacial score (nSPS) is 18.6.